The summed E-state index contributed by atoms with van der Waals surface area (Å²) < 4.78 is 11.4. The monoisotopic (exact) mass is 271 g/mol. The second-order valence-corrected chi connectivity index (χ2v) is 6.23. The van der Waals surface area contributed by atoms with Crippen LogP contribution in [0, 0.1) is 5.92 Å². The highest BCUT2D eigenvalue weighted by Gasteiger charge is 2.63. The van der Waals surface area contributed by atoms with Gasteiger partial charge in [0.25, 0.3) is 0 Å². The predicted octanol–water partition coefficient (Wildman–Crippen LogP) is 0.358. The van der Waals surface area contributed by atoms with Crippen LogP contribution in [0.25, 0.3) is 0 Å². The van der Waals surface area contributed by atoms with Crippen LogP contribution in [0.1, 0.15) is 11.5 Å². The number of carboxylic acid groups (broad SMARTS) is 1. The summed E-state index contributed by atoms with van der Waals surface area (Å²) in [6, 6.07) is 7.46. The number of benzene rings is 1. The summed E-state index contributed by atoms with van der Waals surface area (Å²) >= 11 is 0. The van der Waals surface area contributed by atoms with Crippen molar-refractivity contribution in [2.75, 3.05) is 0 Å². The lowest BCUT2D eigenvalue weighted by atomic mass is 10.1. The summed E-state index contributed by atoms with van der Waals surface area (Å²) in [6.07, 6.45) is 0. The fourth-order valence-electron chi connectivity index (χ4n) is 2.45. The molecule has 3 unspecified atom stereocenters. The van der Waals surface area contributed by atoms with Crippen LogP contribution in [-0.4, -0.2) is 32.6 Å². The minimum Gasteiger partial charge on any atom is -0.480 e. The van der Waals surface area contributed by atoms with Crippen molar-refractivity contribution in [1.82, 2.24) is 0 Å². The van der Waals surface area contributed by atoms with Gasteiger partial charge in [-0.05, 0) is 5.56 Å². The summed E-state index contributed by atoms with van der Waals surface area (Å²) in [4.78, 5) is 29.4. The maximum Gasteiger partial charge on any atom is 0.329 e. The van der Waals surface area contributed by atoms with Gasteiger partial charge in [-0.1, -0.05) is 30.3 Å². The van der Waals surface area contributed by atoms with Gasteiger partial charge in [-0.3, -0.25) is 9.36 Å². The highest BCUT2D eigenvalue weighted by molar-refractivity contribution is 7.53. The normalized spacial score (nSPS) is 28.7. The largest absolute Gasteiger partial charge is 0.480 e. The molecule has 0 aliphatic heterocycles. The first kappa shape index (κ1) is 13.2. The van der Waals surface area contributed by atoms with Crippen LogP contribution in [0.15, 0.2) is 30.3 Å². The van der Waals surface area contributed by atoms with Crippen molar-refractivity contribution in [3.63, 3.8) is 0 Å². The zero-order valence-corrected chi connectivity index (χ0v) is 10.3. The van der Waals surface area contributed by atoms with Gasteiger partial charge < -0.3 is 20.6 Å². The van der Waals surface area contributed by atoms with Crippen molar-refractivity contribution in [2.45, 2.75) is 17.6 Å². The van der Waals surface area contributed by atoms with Gasteiger partial charge in [-0.2, -0.15) is 0 Å². The molecule has 1 fully saturated rings. The maximum atomic E-state index is 11.4. The molecular formula is C11H14NO5P. The first-order valence-corrected chi connectivity index (χ1v) is 7.10. The zero-order valence-electron chi connectivity index (χ0n) is 9.38. The van der Waals surface area contributed by atoms with Gasteiger partial charge in [0.05, 0.1) is 5.66 Å². The Bertz CT molecular complexity index is 499. The summed E-state index contributed by atoms with van der Waals surface area (Å²) in [7, 11) is -4.34. The topological polar surface area (TPSA) is 121 Å². The molecule has 0 aromatic heterocycles. The fourth-order valence-corrected chi connectivity index (χ4v) is 3.96. The third kappa shape index (κ3) is 2.33. The summed E-state index contributed by atoms with van der Waals surface area (Å²) in [6.45, 7) is 0. The SMILES string of the molecule is N[C@H](C(=O)O)C1C(c2ccccc2)C1P(=O)(O)O. The number of carboxylic acids is 1. The fraction of sp³-hybridized carbons (Fsp3) is 0.364. The van der Waals surface area contributed by atoms with E-state index in [2.05, 4.69) is 0 Å². The Labute approximate surface area is 104 Å². The van der Waals surface area contributed by atoms with Crippen LogP contribution in [0.2, 0.25) is 0 Å². The molecule has 0 spiro atoms. The van der Waals surface area contributed by atoms with Gasteiger partial charge in [0.2, 0.25) is 0 Å². The van der Waals surface area contributed by atoms with E-state index in [4.69, 9.17) is 10.8 Å². The molecule has 2 rings (SSSR count). The Balaban J connectivity index is 2.30. The summed E-state index contributed by atoms with van der Waals surface area (Å²) in [5.41, 5.74) is 5.21. The van der Waals surface area contributed by atoms with Gasteiger partial charge in [0.1, 0.15) is 6.04 Å². The van der Waals surface area contributed by atoms with E-state index in [1.807, 2.05) is 0 Å². The Morgan fingerprint density at radius 1 is 1.28 bits per heavy atom. The van der Waals surface area contributed by atoms with Crippen LogP contribution in [0.5, 0.6) is 0 Å². The summed E-state index contributed by atoms with van der Waals surface area (Å²) in [5.74, 6) is -2.44. The average Bonchev–Trinajstić information content (AvgIpc) is 3.03. The van der Waals surface area contributed by atoms with Crippen LogP contribution >= 0.6 is 7.60 Å². The number of hydrogen-bond donors (Lipinski definition) is 4. The minimum absolute atomic E-state index is 0.488. The lowest BCUT2D eigenvalue weighted by molar-refractivity contribution is -0.139. The molecule has 7 heteroatoms. The second-order valence-electron chi connectivity index (χ2n) is 4.46. The third-order valence-electron chi connectivity index (χ3n) is 3.31. The van der Waals surface area contributed by atoms with E-state index in [-0.39, 0.29) is 0 Å². The maximum absolute atomic E-state index is 11.4. The quantitative estimate of drug-likeness (QED) is 0.587. The van der Waals surface area contributed by atoms with E-state index in [1.54, 1.807) is 30.3 Å². The molecule has 4 atom stereocenters. The molecule has 1 aromatic carbocycles. The summed E-state index contributed by atoms with van der Waals surface area (Å²) in [5, 5.41) is 8.86. The zero-order chi connectivity index (χ0) is 13.5. The van der Waals surface area contributed by atoms with Crippen LogP contribution in [0.3, 0.4) is 0 Å². The lowest BCUT2D eigenvalue weighted by Gasteiger charge is -2.05. The molecule has 0 heterocycles. The van der Waals surface area contributed by atoms with Crippen molar-refractivity contribution in [1.29, 1.82) is 0 Å². The van der Waals surface area contributed by atoms with Crippen LogP contribution < -0.4 is 5.73 Å². The van der Waals surface area contributed by atoms with E-state index >= 15 is 0 Å². The van der Waals surface area contributed by atoms with Crippen molar-refractivity contribution in [3.8, 4) is 0 Å². The van der Waals surface area contributed by atoms with Crippen LogP contribution in [0.4, 0.5) is 0 Å². The lowest BCUT2D eigenvalue weighted by Crippen LogP contribution is -2.33. The molecule has 0 saturated heterocycles. The molecular weight excluding hydrogens is 257 g/mol. The molecule has 1 aromatic rings. The van der Waals surface area contributed by atoms with Crippen LogP contribution in [-0.2, 0) is 9.36 Å². The molecule has 0 radical (unpaired) electrons. The van der Waals surface area contributed by atoms with Gasteiger partial charge in [0, 0.05) is 11.8 Å². The highest BCUT2D eigenvalue weighted by atomic mass is 31.2. The second kappa shape index (κ2) is 4.48. The van der Waals surface area contributed by atoms with Gasteiger partial charge in [-0.15, -0.1) is 0 Å². The van der Waals surface area contributed by atoms with Crippen molar-refractivity contribution >= 4 is 13.6 Å². The molecule has 1 aliphatic rings. The van der Waals surface area contributed by atoms with Gasteiger partial charge in [-0.25, -0.2) is 0 Å². The number of rotatable bonds is 4. The molecule has 1 saturated carbocycles. The van der Waals surface area contributed by atoms with Gasteiger partial charge >= 0.3 is 13.6 Å². The molecule has 1 aliphatic carbocycles. The molecule has 5 N–H and O–H groups in total. The first-order chi connectivity index (χ1) is 8.34. The Hall–Kier alpha value is -1.20. The average molecular weight is 271 g/mol. The Morgan fingerprint density at radius 3 is 2.28 bits per heavy atom. The number of hydrogen-bond acceptors (Lipinski definition) is 3. The van der Waals surface area contributed by atoms with E-state index < -0.39 is 37.1 Å². The molecule has 0 amide bonds. The van der Waals surface area contributed by atoms with Crippen molar-refractivity contribution in [2.24, 2.45) is 11.7 Å². The Morgan fingerprint density at radius 2 is 1.83 bits per heavy atom. The predicted molar refractivity (Wildman–Crippen MR) is 64.1 cm³/mol. The molecule has 18 heavy (non-hydrogen) atoms. The molecule has 6 nitrogen and oxygen atoms in total. The van der Waals surface area contributed by atoms with E-state index in [0.29, 0.717) is 5.56 Å². The standard InChI is InChI=1S/C11H14NO5P/c12-9(11(13)14)8-7(10(8)18(15,16)17)6-4-2-1-3-5-6/h1-5,7-10H,12H2,(H,13,14)(H2,15,16,17)/t7?,8?,9-,10?/m0/s1. The Kier molecular flexibility index (Phi) is 3.29. The number of carbonyl (C=O) groups is 1. The van der Waals surface area contributed by atoms with E-state index in [1.165, 1.54) is 0 Å². The van der Waals surface area contributed by atoms with Gasteiger partial charge in [0.15, 0.2) is 0 Å². The van der Waals surface area contributed by atoms with Crippen molar-refractivity contribution < 1.29 is 24.3 Å². The first-order valence-electron chi connectivity index (χ1n) is 5.42. The molecule has 98 valence electrons. The minimum atomic E-state index is -4.34. The highest BCUT2D eigenvalue weighted by Crippen LogP contribution is 2.67. The third-order valence-corrected chi connectivity index (χ3v) is 4.75. The van der Waals surface area contributed by atoms with E-state index in [0.717, 1.165) is 0 Å². The number of nitrogens with two attached hydrogens (primary N) is 1. The van der Waals surface area contributed by atoms with Crippen molar-refractivity contribution in [3.05, 3.63) is 35.9 Å². The molecule has 0 bridgehead atoms. The van der Waals surface area contributed by atoms with E-state index in [9.17, 15) is 19.1 Å². The number of aliphatic carboxylic acids is 1. The smallest absolute Gasteiger partial charge is 0.329 e.